The van der Waals surface area contributed by atoms with Gasteiger partial charge >= 0.3 is 11.9 Å². The second kappa shape index (κ2) is 17.8. The molecule has 0 aliphatic carbocycles. The van der Waals surface area contributed by atoms with Gasteiger partial charge in [-0.1, -0.05) is 85.3 Å². The lowest BCUT2D eigenvalue weighted by Gasteiger charge is -2.18. The Bertz CT molecular complexity index is 1920. The third-order valence-corrected chi connectivity index (χ3v) is 7.91. The van der Waals surface area contributed by atoms with Crippen LogP contribution >= 0.6 is 11.6 Å². The van der Waals surface area contributed by atoms with Crippen molar-refractivity contribution in [1.82, 2.24) is 0 Å². The zero-order valence-electron chi connectivity index (χ0n) is 28.4. The lowest BCUT2D eigenvalue weighted by atomic mass is 10.1. The summed E-state index contributed by atoms with van der Waals surface area (Å²) < 4.78 is 24.1. The highest BCUT2D eigenvalue weighted by atomic mass is 35.5. The summed E-state index contributed by atoms with van der Waals surface area (Å²) in [5.41, 5.74) is 4.79. The summed E-state index contributed by atoms with van der Waals surface area (Å²) in [7, 11) is 0. The van der Waals surface area contributed by atoms with E-state index in [1.807, 2.05) is 50.2 Å². The fourth-order valence-electron chi connectivity index (χ4n) is 4.92. The van der Waals surface area contributed by atoms with Crippen molar-refractivity contribution in [2.75, 3.05) is 6.61 Å². The normalized spacial score (nSPS) is 11.0. The van der Waals surface area contributed by atoms with Gasteiger partial charge in [-0.25, -0.2) is 9.59 Å². The number of rotatable bonds is 15. The van der Waals surface area contributed by atoms with E-state index >= 15 is 0 Å². The van der Waals surface area contributed by atoms with E-state index in [1.165, 1.54) is 0 Å². The lowest BCUT2D eigenvalue weighted by molar-refractivity contribution is 0.0720. The predicted octanol–water partition coefficient (Wildman–Crippen LogP) is 11.3. The Morgan fingerprint density at radius 1 is 0.660 bits per heavy atom. The molecule has 50 heavy (non-hydrogen) atoms. The van der Waals surface area contributed by atoms with Gasteiger partial charge in [0.2, 0.25) is 5.75 Å². The summed E-state index contributed by atoms with van der Waals surface area (Å²) in [6, 6.07) is 31.6. The number of ether oxygens (including phenoxy) is 4. The smallest absolute Gasteiger partial charge is 0.343 e. The summed E-state index contributed by atoms with van der Waals surface area (Å²) in [5, 5.41) is 9.46. The monoisotopic (exact) mass is 690 g/mol. The maximum absolute atomic E-state index is 13.2. The number of carbonyl (C=O) groups is 2. The van der Waals surface area contributed by atoms with Gasteiger partial charge < -0.3 is 18.9 Å². The lowest BCUT2D eigenvalue weighted by Crippen LogP contribution is -2.11. The first-order chi connectivity index (χ1) is 24.3. The third kappa shape index (κ3) is 10.3. The molecule has 0 aliphatic rings. The number of unbranched alkanes of at least 4 members (excludes halogenated alkanes) is 3. The van der Waals surface area contributed by atoms with Crippen LogP contribution in [0.2, 0.25) is 5.02 Å². The van der Waals surface area contributed by atoms with Crippen molar-refractivity contribution in [3.8, 4) is 23.0 Å². The van der Waals surface area contributed by atoms with Gasteiger partial charge in [-0.05, 0) is 98.6 Å². The summed E-state index contributed by atoms with van der Waals surface area (Å²) in [6.45, 7) is 6.71. The van der Waals surface area contributed by atoms with Gasteiger partial charge in [0.25, 0.3) is 0 Å². The fraction of sp³-hybridized carbons (Fsp3) is 0.220. The van der Waals surface area contributed by atoms with Crippen molar-refractivity contribution in [3.63, 3.8) is 0 Å². The molecule has 0 amide bonds. The van der Waals surface area contributed by atoms with Crippen LogP contribution in [0.3, 0.4) is 0 Å². The zero-order chi connectivity index (χ0) is 35.3. The van der Waals surface area contributed by atoms with E-state index in [-0.39, 0.29) is 23.9 Å². The SMILES string of the molecule is CCCCCCOc1c(OC(=O)c2ccc(Cl)cc2)ccc(N=Nc2ccc(OC(=O)c3ccc(C)cc3)cc2)c1OCc1cccc(C)c1. The molecule has 0 aromatic heterocycles. The minimum atomic E-state index is -0.570. The van der Waals surface area contributed by atoms with Crippen LogP contribution in [0.5, 0.6) is 23.0 Å². The number of nitrogens with zero attached hydrogens (tertiary/aromatic N) is 2. The van der Waals surface area contributed by atoms with Crippen molar-refractivity contribution in [2.24, 2.45) is 10.2 Å². The van der Waals surface area contributed by atoms with Gasteiger partial charge in [0.1, 0.15) is 18.0 Å². The molecule has 0 aliphatic heterocycles. The molecule has 0 bridgehead atoms. The van der Waals surface area contributed by atoms with Crippen molar-refractivity contribution in [2.45, 2.75) is 53.1 Å². The minimum absolute atomic E-state index is 0.193. The summed E-state index contributed by atoms with van der Waals surface area (Å²) in [5.74, 6) is 0.0938. The molecule has 0 atom stereocenters. The molecule has 0 heterocycles. The highest BCUT2D eigenvalue weighted by molar-refractivity contribution is 6.30. The van der Waals surface area contributed by atoms with Crippen LogP contribution < -0.4 is 18.9 Å². The standard InChI is InChI=1S/C41H39ClN2O6/c1-4-5-6-7-25-47-39-37(50-41(46)32-15-17-33(42)18-16-32)24-23-36(38(39)48-27-30-10-8-9-29(3)26-30)44-43-34-19-21-35(22-20-34)49-40(45)31-13-11-28(2)12-14-31/h8-24,26H,4-7,25,27H2,1-3H3. The van der Waals surface area contributed by atoms with Crippen molar-refractivity contribution >= 4 is 34.9 Å². The van der Waals surface area contributed by atoms with Gasteiger partial charge in [0.15, 0.2) is 11.5 Å². The zero-order valence-corrected chi connectivity index (χ0v) is 29.1. The number of hydrogen-bond acceptors (Lipinski definition) is 8. The van der Waals surface area contributed by atoms with E-state index in [0.29, 0.717) is 39.9 Å². The molecule has 0 fully saturated rings. The van der Waals surface area contributed by atoms with Crippen LogP contribution in [0.4, 0.5) is 11.4 Å². The molecule has 0 radical (unpaired) electrons. The molecule has 0 N–H and O–H groups in total. The summed E-state index contributed by atoms with van der Waals surface area (Å²) >= 11 is 6.03. The summed E-state index contributed by atoms with van der Waals surface area (Å²) in [4.78, 5) is 25.7. The second-order valence-corrected chi connectivity index (χ2v) is 12.2. The highest BCUT2D eigenvalue weighted by Crippen LogP contribution is 2.46. The molecule has 8 nitrogen and oxygen atoms in total. The van der Waals surface area contributed by atoms with Gasteiger partial charge in [-0.15, -0.1) is 5.11 Å². The number of carbonyl (C=O) groups excluding carboxylic acids is 2. The average molecular weight is 691 g/mol. The van der Waals surface area contributed by atoms with E-state index in [0.717, 1.165) is 42.4 Å². The molecule has 5 rings (SSSR count). The van der Waals surface area contributed by atoms with E-state index in [2.05, 4.69) is 17.2 Å². The van der Waals surface area contributed by atoms with E-state index < -0.39 is 11.9 Å². The highest BCUT2D eigenvalue weighted by Gasteiger charge is 2.22. The van der Waals surface area contributed by atoms with Crippen LogP contribution in [0.15, 0.2) is 119 Å². The second-order valence-electron chi connectivity index (χ2n) is 11.8. The van der Waals surface area contributed by atoms with E-state index in [4.69, 9.17) is 30.5 Å². The number of hydrogen-bond donors (Lipinski definition) is 0. The molecule has 0 spiro atoms. The minimum Gasteiger partial charge on any atom is -0.486 e. The number of azo groups is 1. The summed E-state index contributed by atoms with van der Waals surface area (Å²) in [6.07, 6.45) is 3.96. The molecule has 5 aromatic carbocycles. The Labute approximate surface area is 297 Å². The number of aryl methyl sites for hydroxylation is 2. The van der Waals surface area contributed by atoms with Crippen LogP contribution in [-0.4, -0.2) is 18.5 Å². The van der Waals surface area contributed by atoms with Gasteiger partial charge in [-0.2, -0.15) is 5.11 Å². The molecule has 0 saturated carbocycles. The quantitative estimate of drug-likeness (QED) is 0.0469. The number of benzene rings is 5. The topological polar surface area (TPSA) is 95.8 Å². The third-order valence-electron chi connectivity index (χ3n) is 7.66. The van der Waals surface area contributed by atoms with Gasteiger partial charge in [0.05, 0.1) is 23.4 Å². The first kappa shape index (κ1) is 35.8. The Hall–Kier alpha value is -5.47. The molecular formula is C41H39ClN2O6. The molecule has 0 saturated heterocycles. The maximum Gasteiger partial charge on any atom is 0.343 e. The maximum atomic E-state index is 13.2. The molecular weight excluding hydrogens is 652 g/mol. The Morgan fingerprint density at radius 3 is 2.06 bits per heavy atom. The molecule has 5 aromatic rings. The van der Waals surface area contributed by atoms with Crippen LogP contribution in [-0.2, 0) is 6.61 Å². The van der Waals surface area contributed by atoms with Crippen molar-refractivity contribution < 1.29 is 28.5 Å². The van der Waals surface area contributed by atoms with Gasteiger partial charge in [0, 0.05) is 5.02 Å². The largest absolute Gasteiger partial charge is 0.486 e. The fourth-order valence-corrected chi connectivity index (χ4v) is 5.05. The van der Waals surface area contributed by atoms with E-state index in [9.17, 15) is 9.59 Å². The molecule has 0 unspecified atom stereocenters. The molecule has 9 heteroatoms. The number of esters is 2. The van der Waals surface area contributed by atoms with Crippen molar-refractivity contribution in [3.05, 3.63) is 142 Å². The first-order valence-electron chi connectivity index (χ1n) is 16.6. The van der Waals surface area contributed by atoms with E-state index in [1.54, 1.807) is 72.8 Å². The number of halogens is 1. The molecule has 256 valence electrons. The Balaban J connectivity index is 1.43. The van der Waals surface area contributed by atoms with Crippen LogP contribution in [0.1, 0.15) is 70.0 Å². The van der Waals surface area contributed by atoms with Crippen LogP contribution in [0, 0.1) is 13.8 Å². The first-order valence-corrected chi connectivity index (χ1v) is 16.9. The van der Waals surface area contributed by atoms with Crippen molar-refractivity contribution in [1.29, 1.82) is 0 Å². The predicted molar refractivity (Wildman–Crippen MR) is 195 cm³/mol. The van der Waals surface area contributed by atoms with Crippen LogP contribution in [0.25, 0.3) is 0 Å². The van der Waals surface area contributed by atoms with Gasteiger partial charge in [-0.3, -0.25) is 0 Å². The Kier molecular flexibility index (Phi) is 12.7. The average Bonchev–Trinajstić information content (AvgIpc) is 3.12. The Morgan fingerprint density at radius 2 is 1.36 bits per heavy atom.